The van der Waals surface area contributed by atoms with E-state index in [4.69, 9.17) is 4.99 Å². The van der Waals surface area contributed by atoms with Gasteiger partial charge in [-0.3, -0.25) is 14.6 Å². The first kappa shape index (κ1) is 23.7. The van der Waals surface area contributed by atoms with Gasteiger partial charge in [-0.05, 0) is 50.3 Å². The maximum Gasteiger partial charge on any atom is 0.191 e. The number of benzene rings is 1. The van der Waals surface area contributed by atoms with Crippen LogP contribution in [0.2, 0.25) is 0 Å². The average molecular weight is 510 g/mol. The fraction of sp³-hybridized carbons (Fsp3) is 0.545. The summed E-state index contributed by atoms with van der Waals surface area (Å²) in [5.41, 5.74) is 4.01. The van der Waals surface area contributed by atoms with Gasteiger partial charge >= 0.3 is 0 Å². The summed E-state index contributed by atoms with van der Waals surface area (Å²) in [6.07, 6.45) is 6.24. The highest BCUT2D eigenvalue weighted by Crippen LogP contribution is 2.16. The largest absolute Gasteiger partial charge is 0.357 e. The second-order valence-corrected chi connectivity index (χ2v) is 7.66. The Balaban J connectivity index is 0.00000300. The first-order valence-electron chi connectivity index (χ1n) is 10.4. The van der Waals surface area contributed by atoms with Crippen LogP contribution >= 0.6 is 24.0 Å². The Kier molecular flexibility index (Phi) is 9.93. The van der Waals surface area contributed by atoms with Crippen LogP contribution in [0.4, 0.5) is 0 Å². The molecule has 160 valence electrons. The van der Waals surface area contributed by atoms with Gasteiger partial charge in [-0.15, -0.1) is 24.0 Å². The van der Waals surface area contributed by atoms with Crippen LogP contribution in [-0.2, 0) is 13.1 Å². The van der Waals surface area contributed by atoms with E-state index in [1.54, 1.807) is 0 Å². The van der Waals surface area contributed by atoms with Crippen LogP contribution < -0.4 is 10.6 Å². The van der Waals surface area contributed by atoms with E-state index in [0.29, 0.717) is 6.04 Å². The summed E-state index contributed by atoms with van der Waals surface area (Å²) in [6.45, 7) is 12.1. The molecule has 1 aromatic carbocycles. The number of guanidine groups is 1. The molecule has 6 nitrogen and oxygen atoms in total. The Morgan fingerprint density at radius 1 is 1.21 bits per heavy atom. The molecule has 1 aliphatic rings. The summed E-state index contributed by atoms with van der Waals surface area (Å²) in [7, 11) is 0. The van der Waals surface area contributed by atoms with Gasteiger partial charge in [0.1, 0.15) is 0 Å². The first-order chi connectivity index (χ1) is 13.6. The number of aryl methyl sites for hydroxylation is 2. The molecule has 29 heavy (non-hydrogen) atoms. The molecule has 1 aliphatic heterocycles. The summed E-state index contributed by atoms with van der Waals surface area (Å²) in [6, 6.07) is 9.19. The third kappa shape index (κ3) is 7.62. The van der Waals surface area contributed by atoms with Crippen molar-refractivity contribution in [1.82, 2.24) is 25.3 Å². The zero-order chi connectivity index (χ0) is 19.8. The highest BCUT2D eigenvalue weighted by molar-refractivity contribution is 14.0. The summed E-state index contributed by atoms with van der Waals surface area (Å²) < 4.78 is 1.95. The van der Waals surface area contributed by atoms with Crippen LogP contribution in [0.3, 0.4) is 0 Å². The van der Waals surface area contributed by atoms with Gasteiger partial charge in [-0.25, -0.2) is 0 Å². The second-order valence-electron chi connectivity index (χ2n) is 7.66. The third-order valence-corrected chi connectivity index (χ3v) is 5.29. The van der Waals surface area contributed by atoms with Crippen molar-refractivity contribution in [3.8, 4) is 0 Å². The minimum atomic E-state index is 0. The number of halogens is 1. The van der Waals surface area contributed by atoms with Crippen LogP contribution in [0.15, 0.2) is 41.7 Å². The van der Waals surface area contributed by atoms with Crippen molar-refractivity contribution in [3.63, 3.8) is 0 Å². The molecule has 7 heteroatoms. The smallest absolute Gasteiger partial charge is 0.191 e. The summed E-state index contributed by atoms with van der Waals surface area (Å²) >= 11 is 0. The monoisotopic (exact) mass is 510 g/mol. The second kappa shape index (κ2) is 12.2. The zero-order valence-corrected chi connectivity index (χ0v) is 20.2. The van der Waals surface area contributed by atoms with E-state index >= 15 is 0 Å². The van der Waals surface area contributed by atoms with Crippen molar-refractivity contribution in [2.45, 2.75) is 52.7 Å². The van der Waals surface area contributed by atoms with E-state index in [1.807, 2.05) is 10.9 Å². The van der Waals surface area contributed by atoms with Crippen molar-refractivity contribution in [3.05, 3.63) is 53.3 Å². The van der Waals surface area contributed by atoms with Crippen molar-refractivity contribution < 1.29 is 0 Å². The number of rotatable bonds is 7. The topological polar surface area (TPSA) is 57.5 Å². The number of aromatic nitrogens is 2. The van der Waals surface area contributed by atoms with Crippen molar-refractivity contribution in [1.29, 1.82) is 0 Å². The van der Waals surface area contributed by atoms with Gasteiger partial charge in [0, 0.05) is 38.4 Å². The number of aliphatic imine (C=N–C) groups is 1. The predicted molar refractivity (Wildman–Crippen MR) is 131 cm³/mol. The Morgan fingerprint density at radius 2 is 1.97 bits per heavy atom. The van der Waals surface area contributed by atoms with Crippen LogP contribution in [0, 0.1) is 13.8 Å². The maximum absolute atomic E-state index is 4.73. The molecule has 1 fully saturated rings. The molecule has 3 rings (SSSR count). The molecule has 0 aliphatic carbocycles. The van der Waals surface area contributed by atoms with Crippen molar-refractivity contribution in [2.75, 3.05) is 26.2 Å². The van der Waals surface area contributed by atoms with Gasteiger partial charge in [0.2, 0.25) is 0 Å². The van der Waals surface area contributed by atoms with E-state index in [1.165, 1.54) is 16.7 Å². The van der Waals surface area contributed by atoms with Crippen molar-refractivity contribution in [2.24, 2.45) is 4.99 Å². The number of nitrogens with one attached hydrogen (secondary N) is 2. The average Bonchev–Trinajstić information content (AvgIpc) is 3.10. The Hall–Kier alpha value is -1.61. The third-order valence-electron chi connectivity index (χ3n) is 5.29. The number of hydrogen-bond donors (Lipinski definition) is 2. The van der Waals surface area contributed by atoms with Crippen LogP contribution in [0.1, 0.15) is 36.5 Å². The van der Waals surface area contributed by atoms with Gasteiger partial charge < -0.3 is 10.6 Å². The lowest BCUT2D eigenvalue weighted by atomic mass is 10.0. The SMILES string of the molecule is CCNC(=NCCn1cc(C)cn1)NC1CCN(Cc2ccccc2C)CC1.I. The quantitative estimate of drug-likeness (QED) is 0.341. The molecule has 2 N–H and O–H groups in total. The summed E-state index contributed by atoms with van der Waals surface area (Å²) in [5, 5.41) is 11.3. The minimum absolute atomic E-state index is 0. The fourth-order valence-corrected chi connectivity index (χ4v) is 3.63. The Morgan fingerprint density at radius 3 is 2.62 bits per heavy atom. The van der Waals surface area contributed by atoms with E-state index in [0.717, 1.165) is 58.1 Å². The normalized spacial score (nSPS) is 15.8. The molecule has 0 saturated carbocycles. The zero-order valence-electron chi connectivity index (χ0n) is 17.9. The van der Waals surface area contributed by atoms with Gasteiger partial charge in [0.15, 0.2) is 5.96 Å². The molecule has 0 spiro atoms. The number of hydrogen-bond acceptors (Lipinski definition) is 3. The lowest BCUT2D eigenvalue weighted by Crippen LogP contribution is -2.48. The fourth-order valence-electron chi connectivity index (χ4n) is 3.63. The van der Waals surface area contributed by atoms with Gasteiger partial charge in [-0.1, -0.05) is 24.3 Å². The van der Waals surface area contributed by atoms with Crippen LogP contribution in [0.25, 0.3) is 0 Å². The first-order valence-corrected chi connectivity index (χ1v) is 10.4. The number of likely N-dealkylation sites (tertiary alicyclic amines) is 1. The molecular weight excluding hydrogens is 475 g/mol. The number of piperidine rings is 1. The standard InChI is InChI=1S/C22H34N6.HI/c1-4-23-22(24-11-14-28-16-18(2)15-25-28)26-21-9-12-27(13-10-21)17-20-8-6-5-7-19(20)3;/h5-8,15-16,21H,4,9-14,17H2,1-3H3,(H2,23,24,26);1H. The number of nitrogens with zero attached hydrogens (tertiary/aromatic N) is 4. The molecule has 2 heterocycles. The molecule has 0 atom stereocenters. The van der Waals surface area contributed by atoms with E-state index in [-0.39, 0.29) is 24.0 Å². The van der Waals surface area contributed by atoms with E-state index in [9.17, 15) is 0 Å². The highest BCUT2D eigenvalue weighted by Gasteiger charge is 2.20. The lowest BCUT2D eigenvalue weighted by Gasteiger charge is -2.33. The molecular formula is C22H35IN6. The molecule has 0 radical (unpaired) electrons. The van der Waals surface area contributed by atoms with Crippen LogP contribution in [0.5, 0.6) is 0 Å². The van der Waals surface area contributed by atoms with Gasteiger partial charge in [0.05, 0.1) is 19.3 Å². The summed E-state index contributed by atoms with van der Waals surface area (Å²) in [5.74, 6) is 0.920. The van der Waals surface area contributed by atoms with Gasteiger partial charge in [0.25, 0.3) is 0 Å². The maximum atomic E-state index is 4.73. The molecule has 0 amide bonds. The molecule has 0 bridgehead atoms. The van der Waals surface area contributed by atoms with Gasteiger partial charge in [-0.2, -0.15) is 5.10 Å². The molecule has 1 saturated heterocycles. The lowest BCUT2D eigenvalue weighted by molar-refractivity contribution is 0.198. The predicted octanol–water partition coefficient (Wildman–Crippen LogP) is 3.34. The minimum Gasteiger partial charge on any atom is -0.357 e. The highest BCUT2D eigenvalue weighted by atomic mass is 127. The Bertz CT molecular complexity index is 764. The molecule has 2 aromatic rings. The molecule has 0 unspecified atom stereocenters. The van der Waals surface area contributed by atoms with Crippen molar-refractivity contribution >= 4 is 29.9 Å². The molecule has 1 aromatic heterocycles. The Labute approximate surface area is 192 Å². The van der Waals surface area contributed by atoms with E-state index < -0.39 is 0 Å². The summed E-state index contributed by atoms with van der Waals surface area (Å²) in [4.78, 5) is 7.29. The van der Waals surface area contributed by atoms with Crippen LogP contribution in [-0.4, -0.2) is 52.9 Å². The van der Waals surface area contributed by atoms with E-state index in [2.05, 4.69) is 71.9 Å².